The second kappa shape index (κ2) is 8.96. The third kappa shape index (κ3) is 5.84. The molecular formula is C21H32N4O7S. The van der Waals surface area contributed by atoms with Crippen LogP contribution >= 0.6 is 0 Å². The highest BCUT2D eigenvalue weighted by atomic mass is 32.2. The number of carbonyl (C=O) groups excluding carboxylic acids is 4. The van der Waals surface area contributed by atoms with E-state index in [2.05, 4.69) is 21.9 Å². The fourth-order valence-corrected chi connectivity index (χ4v) is 5.28. The quantitative estimate of drug-likeness (QED) is 0.416. The van der Waals surface area contributed by atoms with Gasteiger partial charge in [0.15, 0.2) is 0 Å². The van der Waals surface area contributed by atoms with Crippen molar-refractivity contribution in [3.05, 3.63) is 12.7 Å². The summed E-state index contributed by atoms with van der Waals surface area (Å²) in [4.78, 5) is 51.6. The predicted octanol–water partition coefficient (Wildman–Crippen LogP) is 0.171. The summed E-state index contributed by atoms with van der Waals surface area (Å²) in [5, 5.41) is 4.49. The van der Waals surface area contributed by atoms with Gasteiger partial charge in [-0.3, -0.25) is 19.1 Å². The van der Waals surface area contributed by atoms with Gasteiger partial charge in [-0.05, 0) is 52.9 Å². The Morgan fingerprint density at radius 2 is 1.85 bits per heavy atom. The summed E-state index contributed by atoms with van der Waals surface area (Å²) in [5.74, 6) is -2.18. The van der Waals surface area contributed by atoms with E-state index in [1.807, 2.05) is 0 Å². The molecule has 0 radical (unpaired) electrons. The van der Waals surface area contributed by atoms with Crippen LogP contribution in [0.4, 0.5) is 4.79 Å². The van der Waals surface area contributed by atoms with Crippen molar-refractivity contribution < 1.29 is 32.3 Å². The van der Waals surface area contributed by atoms with Crippen LogP contribution in [0.3, 0.4) is 0 Å². The molecule has 3 rings (SSSR count). The standard InChI is InChI=1S/C21H32N4O7S/c1-5-13-11-21(13,18(28)24-33(30,31)14-8-9-14)23-17(27)15-7-6-10-25(15)16(26)12-22-19(29)32-20(2,3)4/h5,13-15H,1,6-12H2,2-4H3,(H,22,29)(H,23,27)(H,24,28)/t13-,15+,21-/m1/s1. The molecule has 1 aliphatic heterocycles. The lowest BCUT2D eigenvalue weighted by Gasteiger charge is -2.27. The van der Waals surface area contributed by atoms with Gasteiger partial charge in [-0.2, -0.15) is 0 Å². The van der Waals surface area contributed by atoms with E-state index in [9.17, 15) is 27.6 Å². The van der Waals surface area contributed by atoms with Crippen LogP contribution in [-0.2, 0) is 29.1 Å². The molecule has 0 spiro atoms. The molecule has 0 aromatic carbocycles. The Labute approximate surface area is 193 Å². The molecule has 3 aliphatic rings. The van der Waals surface area contributed by atoms with Crippen LogP contribution in [0, 0.1) is 5.92 Å². The van der Waals surface area contributed by atoms with Crippen molar-refractivity contribution in [2.75, 3.05) is 13.1 Å². The summed E-state index contributed by atoms with van der Waals surface area (Å²) in [6.45, 7) is 8.75. The van der Waals surface area contributed by atoms with Crippen molar-refractivity contribution in [2.24, 2.45) is 5.92 Å². The first kappa shape index (κ1) is 25.0. The lowest BCUT2D eigenvalue weighted by Crippen LogP contribution is -2.57. The van der Waals surface area contributed by atoms with Gasteiger partial charge in [0.2, 0.25) is 21.8 Å². The molecule has 3 fully saturated rings. The minimum Gasteiger partial charge on any atom is -0.444 e. The number of hydrogen-bond acceptors (Lipinski definition) is 7. The number of likely N-dealkylation sites (tertiary alicyclic amines) is 1. The van der Waals surface area contributed by atoms with E-state index in [-0.39, 0.29) is 13.0 Å². The lowest BCUT2D eigenvalue weighted by molar-refractivity contribution is -0.139. The Hall–Kier alpha value is -2.63. The van der Waals surface area contributed by atoms with Crippen LogP contribution in [-0.4, -0.2) is 72.7 Å². The molecule has 0 aromatic rings. The highest BCUT2D eigenvalue weighted by Crippen LogP contribution is 2.45. The van der Waals surface area contributed by atoms with Gasteiger partial charge in [-0.15, -0.1) is 6.58 Å². The molecule has 1 saturated heterocycles. The summed E-state index contributed by atoms with van der Waals surface area (Å²) >= 11 is 0. The zero-order valence-corrected chi connectivity index (χ0v) is 20.0. The average Bonchev–Trinajstić information content (AvgIpc) is 3.61. The monoisotopic (exact) mass is 484 g/mol. The van der Waals surface area contributed by atoms with Gasteiger partial charge in [0.05, 0.1) is 5.25 Å². The van der Waals surface area contributed by atoms with Crippen molar-refractivity contribution in [3.63, 3.8) is 0 Å². The van der Waals surface area contributed by atoms with E-state index < -0.39 is 62.2 Å². The van der Waals surface area contributed by atoms with Gasteiger partial charge in [-0.25, -0.2) is 13.2 Å². The molecule has 0 aromatic heterocycles. The summed E-state index contributed by atoms with van der Waals surface area (Å²) in [7, 11) is -3.77. The van der Waals surface area contributed by atoms with E-state index in [1.165, 1.54) is 11.0 Å². The molecule has 2 aliphatic carbocycles. The first-order valence-corrected chi connectivity index (χ1v) is 12.6. The topological polar surface area (TPSA) is 151 Å². The van der Waals surface area contributed by atoms with Gasteiger partial charge >= 0.3 is 6.09 Å². The molecule has 4 amide bonds. The molecule has 12 heteroatoms. The second-order valence-electron chi connectivity index (χ2n) is 9.78. The predicted molar refractivity (Wildman–Crippen MR) is 118 cm³/mol. The Bertz CT molecular complexity index is 954. The van der Waals surface area contributed by atoms with E-state index in [4.69, 9.17) is 4.74 Å². The molecule has 3 N–H and O–H groups in total. The molecule has 2 saturated carbocycles. The molecule has 0 unspecified atom stereocenters. The number of rotatable bonds is 8. The summed E-state index contributed by atoms with van der Waals surface area (Å²) in [6.07, 6.45) is 2.97. The minimum atomic E-state index is -3.77. The van der Waals surface area contributed by atoms with Crippen molar-refractivity contribution in [2.45, 2.75) is 75.3 Å². The number of nitrogens with zero attached hydrogens (tertiary/aromatic N) is 1. The number of amides is 4. The van der Waals surface area contributed by atoms with Crippen LogP contribution in [0.1, 0.15) is 52.9 Å². The van der Waals surface area contributed by atoms with Crippen molar-refractivity contribution in [1.29, 1.82) is 0 Å². The largest absolute Gasteiger partial charge is 0.444 e. The highest BCUT2D eigenvalue weighted by molar-refractivity contribution is 7.91. The van der Waals surface area contributed by atoms with Crippen molar-refractivity contribution in [3.8, 4) is 0 Å². The molecule has 0 bridgehead atoms. The third-order valence-corrected chi connectivity index (χ3v) is 7.73. The van der Waals surface area contributed by atoms with Crippen LogP contribution in [0.5, 0.6) is 0 Å². The number of sulfonamides is 1. The van der Waals surface area contributed by atoms with E-state index in [0.717, 1.165) is 0 Å². The summed E-state index contributed by atoms with van der Waals surface area (Å²) in [5.41, 5.74) is -2.11. The normalized spacial score (nSPS) is 26.8. The minimum absolute atomic E-state index is 0.231. The molecule has 3 atom stereocenters. The van der Waals surface area contributed by atoms with Gasteiger partial charge < -0.3 is 20.3 Å². The maximum absolute atomic E-state index is 13.0. The Kier molecular flexibility index (Phi) is 6.79. The van der Waals surface area contributed by atoms with Gasteiger partial charge in [0, 0.05) is 12.5 Å². The van der Waals surface area contributed by atoms with Gasteiger partial charge in [0.1, 0.15) is 23.7 Å². The third-order valence-electron chi connectivity index (χ3n) is 5.91. The highest BCUT2D eigenvalue weighted by Gasteiger charge is 2.61. The number of alkyl carbamates (subject to hydrolysis) is 1. The van der Waals surface area contributed by atoms with Crippen molar-refractivity contribution >= 4 is 33.8 Å². The van der Waals surface area contributed by atoms with Gasteiger partial charge in [0.25, 0.3) is 5.91 Å². The van der Waals surface area contributed by atoms with E-state index in [1.54, 1.807) is 20.8 Å². The Balaban J connectivity index is 1.61. The van der Waals surface area contributed by atoms with Crippen LogP contribution in [0.2, 0.25) is 0 Å². The molecule has 1 heterocycles. The number of hydrogen-bond donors (Lipinski definition) is 3. The van der Waals surface area contributed by atoms with Crippen molar-refractivity contribution in [1.82, 2.24) is 20.3 Å². The SMILES string of the molecule is C=C[C@@H]1C[C@]1(NC(=O)[C@@H]1CCCN1C(=O)CNC(=O)OC(C)(C)C)C(=O)NS(=O)(=O)C1CC1. The lowest BCUT2D eigenvalue weighted by atomic mass is 10.1. The zero-order chi connectivity index (χ0) is 24.6. The van der Waals surface area contributed by atoms with Crippen LogP contribution in [0.15, 0.2) is 12.7 Å². The molecular weight excluding hydrogens is 452 g/mol. The molecule has 11 nitrogen and oxygen atoms in total. The van der Waals surface area contributed by atoms with Gasteiger partial charge in [-0.1, -0.05) is 6.08 Å². The first-order chi connectivity index (χ1) is 15.3. The fraction of sp³-hybridized carbons (Fsp3) is 0.714. The number of carbonyl (C=O) groups is 4. The maximum atomic E-state index is 13.0. The Morgan fingerprint density at radius 1 is 1.18 bits per heavy atom. The molecule has 184 valence electrons. The summed E-state index contributed by atoms with van der Waals surface area (Å²) < 4.78 is 31.6. The average molecular weight is 485 g/mol. The second-order valence-corrected chi connectivity index (χ2v) is 11.7. The zero-order valence-electron chi connectivity index (χ0n) is 19.2. The van der Waals surface area contributed by atoms with E-state index in [0.29, 0.717) is 32.2 Å². The molecule has 33 heavy (non-hydrogen) atoms. The first-order valence-electron chi connectivity index (χ1n) is 11.1. The van der Waals surface area contributed by atoms with E-state index >= 15 is 0 Å². The fourth-order valence-electron chi connectivity index (χ4n) is 3.92. The van der Waals surface area contributed by atoms with Crippen LogP contribution in [0.25, 0.3) is 0 Å². The Morgan fingerprint density at radius 3 is 2.39 bits per heavy atom. The summed E-state index contributed by atoms with van der Waals surface area (Å²) in [6, 6.07) is -0.825. The maximum Gasteiger partial charge on any atom is 0.408 e. The smallest absolute Gasteiger partial charge is 0.408 e. The number of nitrogens with one attached hydrogen (secondary N) is 3. The van der Waals surface area contributed by atoms with Crippen LogP contribution < -0.4 is 15.4 Å². The number of ether oxygens (including phenoxy) is 1.